The van der Waals surface area contributed by atoms with Crippen LogP contribution in [0.4, 0.5) is 0 Å². The van der Waals surface area contributed by atoms with E-state index in [1.54, 1.807) is 17.0 Å². The third kappa shape index (κ3) is 3.37. The fourth-order valence-corrected chi connectivity index (χ4v) is 2.62. The Bertz CT molecular complexity index is 450. The van der Waals surface area contributed by atoms with Crippen LogP contribution < -0.4 is 0 Å². The molecule has 1 heterocycles. The fourth-order valence-electron chi connectivity index (χ4n) is 2.50. The lowest BCUT2D eigenvalue weighted by Crippen LogP contribution is -2.38. The van der Waals surface area contributed by atoms with Crippen LogP contribution in [-0.4, -0.2) is 29.0 Å². The summed E-state index contributed by atoms with van der Waals surface area (Å²) in [4.78, 5) is 13.3. The first-order valence-corrected chi connectivity index (χ1v) is 6.84. The highest BCUT2D eigenvalue weighted by Gasteiger charge is 2.27. The first-order valence-electron chi connectivity index (χ1n) is 6.46. The molecule has 4 heteroatoms. The number of piperidine rings is 1. The molecular weight excluding hydrogens is 262 g/mol. The highest BCUT2D eigenvalue weighted by Crippen LogP contribution is 2.31. The van der Waals surface area contributed by atoms with Crippen LogP contribution in [0.2, 0.25) is 5.02 Å². The van der Waals surface area contributed by atoms with E-state index in [-0.39, 0.29) is 11.8 Å². The number of hydrogen-bond acceptors (Lipinski definition) is 2. The summed E-state index contributed by atoms with van der Waals surface area (Å²) < 4.78 is 0. The first kappa shape index (κ1) is 14.1. The molecule has 0 spiro atoms. The molecule has 2 rings (SSSR count). The highest BCUT2D eigenvalue weighted by atomic mass is 35.5. The molecule has 1 atom stereocenters. The minimum atomic E-state index is -0.488. The summed E-state index contributed by atoms with van der Waals surface area (Å²) in [7, 11) is 0. The SMILES string of the molecule is C=CC(=O)N1CCC(C(O)c2ccc(Cl)cc2)CC1. The number of nitrogens with zero attached hydrogens (tertiary/aromatic N) is 1. The Balaban J connectivity index is 1.95. The van der Waals surface area contributed by atoms with E-state index < -0.39 is 6.10 Å². The first-order chi connectivity index (χ1) is 9.11. The molecule has 1 N–H and O–H groups in total. The number of carbonyl (C=O) groups excluding carboxylic acids is 1. The molecule has 1 aliphatic heterocycles. The van der Waals surface area contributed by atoms with Crippen LogP contribution in [0.25, 0.3) is 0 Å². The zero-order valence-corrected chi connectivity index (χ0v) is 11.5. The van der Waals surface area contributed by atoms with Crippen molar-refractivity contribution in [3.05, 3.63) is 47.5 Å². The largest absolute Gasteiger partial charge is 0.388 e. The number of likely N-dealkylation sites (tertiary alicyclic amines) is 1. The second-order valence-corrected chi connectivity index (χ2v) is 5.30. The molecule has 102 valence electrons. The maximum atomic E-state index is 11.5. The van der Waals surface area contributed by atoms with Crippen molar-refractivity contribution in [3.63, 3.8) is 0 Å². The summed E-state index contributed by atoms with van der Waals surface area (Å²) >= 11 is 5.84. The van der Waals surface area contributed by atoms with Gasteiger partial charge < -0.3 is 10.0 Å². The number of carbonyl (C=O) groups is 1. The second-order valence-electron chi connectivity index (χ2n) is 4.86. The molecule has 0 bridgehead atoms. The molecule has 1 amide bonds. The number of rotatable bonds is 3. The van der Waals surface area contributed by atoms with Gasteiger partial charge in [0, 0.05) is 18.1 Å². The molecule has 0 saturated carbocycles. The van der Waals surface area contributed by atoms with Crippen LogP contribution in [-0.2, 0) is 4.79 Å². The Labute approximate surface area is 118 Å². The van der Waals surface area contributed by atoms with Gasteiger partial charge in [-0.25, -0.2) is 0 Å². The van der Waals surface area contributed by atoms with Gasteiger partial charge in [0.05, 0.1) is 6.10 Å². The zero-order chi connectivity index (χ0) is 13.8. The van der Waals surface area contributed by atoms with Crippen molar-refractivity contribution in [2.45, 2.75) is 18.9 Å². The van der Waals surface area contributed by atoms with E-state index >= 15 is 0 Å². The van der Waals surface area contributed by atoms with Crippen molar-refractivity contribution in [2.24, 2.45) is 5.92 Å². The molecule has 1 aliphatic rings. The van der Waals surface area contributed by atoms with Crippen LogP contribution in [0.1, 0.15) is 24.5 Å². The van der Waals surface area contributed by atoms with Gasteiger partial charge in [0.2, 0.25) is 5.91 Å². The van der Waals surface area contributed by atoms with E-state index in [1.807, 2.05) is 12.1 Å². The standard InChI is InChI=1S/C15H18ClNO2/c1-2-14(18)17-9-7-12(8-10-17)15(19)11-3-5-13(16)6-4-11/h2-6,12,15,19H,1,7-10H2. The van der Waals surface area contributed by atoms with Gasteiger partial charge >= 0.3 is 0 Å². The van der Waals surface area contributed by atoms with Gasteiger partial charge in [-0.15, -0.1) is 0 Å². The van der Waals surface area contributed by atoms with Crippen molar-refractivity contribution in [3.8, 4) is 0 Å². The molecular formula is C15H18ClNO2. The van der Waals surface area contributed by atoms with E-state index in [0.717, 1.165) is 18.4 Å². The predicted molar refractivity (Wildman–Crippen MR) is 75.9 cm³/mol. The average molecular weight is 280 g/mol. The molecule has 1 fully saturated rings. The summed E-state index contributed by atoms with van der Waals surface area (Å²) in [5, 5.41) is 11.0. The quantitative estimate of drug-likeness (QED) is 0.865. The van der Waals surface area contributed by atoms with E-state index in [1.165, 1.54) is 6.08 Å². The lowest BCUT2D eigenvalue weighted by Gasteiger charge is -2.33. The molecule has 0 aliphatic carbocycles. The normalized spacial score (nSPS) is 18.1. The Hall–Kier alpha value is -1.32. The Kier molecular flexibility index (Phi) is 4.61. The molecule has 0 aromatic heterocycles. The summed E-state index contributed by atoms with van der Waals surface area (Å²) in [6.07, 6.45) is 2.47. The van der Waals surface area contributed by atoms with Gasteiger partial charge in [-0.05, 0) is 42.5 Å². The third-order valence-corrected chi connectivity index (χ3v) is 3.94. The van der Waals surface area contributed by atoms with E-state index in [4.69, 9.17) is 11.6 Å². The number of hydrogen-bond donors (Lipinski definition) is 1. The van der Waals surface area contributed by atoms with Crippen molar-refractivity contribution in [1.82, 2.24) is 4.90 Å². The van der Waals surface area contributed by atoms with Crippen molar-refractivity contribution >= 4 is 17.5 Å². The van der Waals surface area contributed by atoms with Crippen LogP contribution in [0.15, 0.2) is 36.9 Å². The van der Waals surface area contributed by atoms with Crippen LogP contribution in [0.5, 0.6) is 0 Å². The van der Waals surface area contributed by atoms with E-state index in [0.29, 0.717) is 18.1 Å². The van der Waals surface area contributed by atoms with Crippen LogP contribution >= 0.6 is 11.6 Å². The summed E-state index contributed by atoms with van der Waals surface area (Å²) in [6, 6.07) is 7.29. The summed E-state index contributed by atoms with van der Waals surface area (Å²) in [6.45, 7) is 4.85. The second kappa shape index (κ2) is 6.22. The lowest BCUT2D eigenvalue weighted by molar-refractivity contribution is -0.128. The third-order valence-electron chi connectivity index (χ3n) is 3.68. The van der Waals surface area contributed by atoms with Crippen LogP contribution in [0, 0.1) is 5.92 Å². The topological polar surface area (TPSA) is 40.5 Å². The Morgan fingerprint density at radius 1 is 1.37 bits per heavy atom. The lowest BCUT2D eigenvalue weighted by atomic mass is 9.87. The maximum absolute atomic E-state index is 11.5. The summed E-state index contributed by atoms with van der Waals surface area (Å²) in [5.74, 6) is 0.162. The Morgan fingerprint density at radius 3 is 2.47 bits per heavy atom. The molecule has 1 saturated heterocycles. The minimum absolute atomic E-state index is 0.0283. The molecule has 0 radical (unpaired) electrons. The van der Waals surface area contributed by atoms with Gasteiger partial charge in [0.15, 0.2) is 0 Å². The minimum Gasteiger partial charge on any atom is -0.388 e. The molecule has 3 nitrogen and oxygen atoms in total. The molecule has 1 aromatic rings. The number of benzene rings is 1. The van der Waals surface area contributed by atoms with Gasteiger partial charge in [-0.2, -0.15) is 0 Å². The average Bonchev–Trinajstić information content (AvgIpc) is 2.46. The summed E-state index contributed by atoms with van der Waals surface area (Å²) in [5.41, 5.74) is 0.887. The zero-order valence-electron chi connectivity index (χ0n) is 10.8. The van der Waals surface area contributed by atoms with E-state index in [9.17, 15) is 9.90 Å². The van der Waals surface area contributed by atoms with Gasteiger partial charge in [0.25, 0.3) is 0 Å². The van der Waals surface area contributed by atoms with Gasteiger partial charge in [0.1, 0.15) is 0 Å². The van der Waals surface area contributed by atoms with Crippen molar-refractivity contribution in [2.75, 3.05) is 13.1 Å². The van der Waals surface area contributed by atoms with Crippen molar-refractivity contribution in [1.29, 1.82) is 0 Å². The highest BCUT2D eigenvalue weighted by molar-refractivity contribution is 6.30. The smallest absolute Gasteiger partial charge is 0.245 e. The Morgan fingerprint density at radius 2 is 1.95 bits per heavy atom. The fraction of sp³-hybridized carbons (Fsp3) is 0.400. The number of amides is 1. The van der Waals surface area contributed by atoms with Gasteiger partial charge in [-0.3, -0.25) is 4.79 Å². The van der Waals surface area contributed by atoms with E-state index in [2.05, 4.69) is 6.58 Å². The monoisotopic (exact) mass is 279 g/mol. The van der Waals surface area contributed by atoms with Crippen molar-refractivity contribution < 1.29 is 9.90 Å². The predicted octanol–water partition coefficient (Wildman–Crippen LogP) is 2.80. The molecule has 1 unspecified atom stereocenters. The van der Waals surface area contributed by atoms with Crippen LogP contribution in [0.3, 0.4) is 0 Å². The number of aliphatic hydroxyl groups is 1. The number of aliphatic hydroxyl groups excluding tert-OH is 1. The van der Waals surface area contributed by atoms with Gasteiger partial charge in [-0.1, -0.05) is 30.3 Å². The number of halogens is 1. The maximum Gasteiger partial charge on any atom is 0.245 e. The molecule has 19 heavy (non-hydrogen) atoms. The molecule has 1 aromatic carbocycles.